The topological polar surface area (TPSA) is 175 Å². The van der Waals surface area contributed by atoms with Crippen molar-refractivity contribution in [1.29, 1.82) is 0 Å². The van der Waals surface area contributed by atoms with Crippen LogP contribution < -0.4 is 5.32 Å². The molecule has 0 aromatic rings. The van der Waals surface area contributed by atoms with Crippen LogP contribution in [-0.4, -0.2) is 100 Å². The summed E-state index contributed by atoms with van der Waals surface area (Å²) in [7, 11) is 0. The first-order valence-electron chi connectivity index (χ1n) is 34.8. The minimum Gasteiger partial charge on any atom is -0.466 e. The molecule has 1 aliphatic rings. The van der Waals surface area contributed by atoms with Gasteiger partial charge in [-0.25, -0.2) is 0 Å². The van der Waals surface area contributed by atoms with Crippen molar-refractivity contribution in [3.63, 3.8) is 0 Å². The van der Waals surface area contributed by atoms with Crippen LogP contribution in [0.25, 0.3) is 0 Å². The molecule has 1 fully saturated rings. The number of hydrogen-bond acceptors (Lipinski definition) is 10. The number of aliphatic hydroxyl groups excluding tert-OH is 5. The SMILES string of the molecule is CCCCCCC/C=C\CCCCCCCC(=O)OCCCCCCCCCCCCCC/C=C\CCCCCCCCCCCCCCCCC(=O)NC(COC1OC(CO)C(O)C(O)C1O)C(O)/C=C/CCCCCCCCC. The van der Waals surface area contributed by atoms with E-state index in [0.29, 0.717) is 19.4 Å². The molecular weight excluding hydrogens is 1010 g/mol. The second kappa shape index (κ2) is 59.6. The van der Waals surface area contributed by atoms with Gasteiger partial charge in [0.05, 0.1) is 32.0 Å². The zero-order valence-electron chi connectivity index (χ0n) is 52.8. The fourth-order valence-electron chi connectivity index (χ4n) is 11.0. The second-order valence-electron chi connectivity index (χ2n) is 24.2. The Bertz CT molecular complexity index is 1440. The molecule has 0 bridgehead atoms. The molecule has 6 N–H and O–H groups in total. The number of esters is 1. The Kier molecular flexibility index (Phi) is 56.6. The van der Waals surface area contributed by atoms with E-state index in [2.05, 4.69) is 43.5 Å². The van der Waals surface area contributed by atoms with Gasteiger partial charge in [0.1, 0.15) is 24.4 Å². The van der Waals surface area contributed by atoms with Gasteiger partial charge in [-0.05, 0) is 83.5 Å². The molecule has 1 aliphatic heterocycles. The van der Waals surface area contributed by atoms with E-state index in [1.807, 2.05) is 6.08 Å². The summed E-state index contributed by atoms with van der Waals surface area (Å²) in [5.41, 5.74) is 0. The Morgan fingerprint density at radius 2 is 0.790 bits per heavy atom. The van der Waals surface area contributed by atoms with Gasteiger partial charge in [0.25, 0.3) is 0 Å². The van der Waals surface area contributed by atoms with Gasteiger partial charge in [0.2, 0.25) is 5.91 Å². The second-order valence-corrected chi connectivity index (χ2v) is 24.2. The van der Waals surface area contributed by atoms with Gasteiger partial charge in [0, 0.05) is 12.8 Å². The van der Waals surface area contributed by atoms with Gasteiger partial charge >= 0.3 is 5.97 Å². The molecule has 7 unspecified atom stereocenters. The molecule has 11 nitrogen and oxygen atoms in total. The number of allylic oxidation sites excluding steroid dienone is 5. The summed E-state index contributed by atoms with van der Waals surface area (Å²) in [5.74, 6) is -0.181. The highest BCUT2D eigenvalue weighted by molar-refractivity contribution is 5.76. The lowest BCUT2D eigenvalue weighted by atomic mass is 9.99. The molecule has 1 amide bonds. The molecule has 0 aromatic heterocycles. The standard InChI is InChI=1S/C70H131NO10/c1-3-5-7-9-11-13-14-15-35-38-42-46-50-54-58-66(75)79-59-55-51-47-43-39-36-33-31-29-27-25-23-21-19-17-16-18-20-22-24-26-28-30-32-34-37-41-45-49-53-57-65(74)71-62(63(73)56-52-48-44-40-12-10-8-6-4-2)61-80-70-69(78)68(77)67(76)64(60-72)81-70/h14-15,17,19,52,56,62-64,67-70,72-73,76-78H,3-13,16,18,20-51,53-55,57-61H2,1-2H3,(H,71,74)/b15-14-,19-17-,56-52+. The van der Waals surface area contributed by atoms with Crippen LogP contribution in [0, 0.1) is 0 Å². The molecule has 1 heterocycles. The Labute approximate surface area is 498 Å². The van der Waals surface area contributed by atoms with E-state index in [9.17, 15) is 35.1 Å². The molecule has 0 aromatic carbocycles. The van der Waals surface area contributed by atoms with E-state index in [-0.39, 0.29) is 18.5 Å². The van der Waals surface area contributed by atoms with Crippen LogP contribution in [0.4, 0.5) is 0 Å². The third kappa shape index (κ3) is 48.8. The number of rotatable bonds is 61. The predicted molar refractivity (Wildman–Crippen MR) is 338 cm³/mol. The quantitative estimate of drug-likeness (QED) is 0.0195. The first kappa shape index (κ1) is 76.9. The largest absolute Gasteiger partial charge is 0.466 e. The number of carbonyl (C=O) groups excluding carboxylic acids is 2. The van der Waals surface area contributed by atoms with Crippen molar-refractivity contribution >= 4 is 11.9 Å². The number of unbranched alkanes of at least 4 members (excludes halogenated alkanes) is 43. The summed E-state index contributed by atoms with van der Waals surface area (Å²) in [4.78, 5) is 25.1. The van der Waals surface area contributed by atoms with E-state index >= 15 is 0 Å². The minimum absolute atomic E-state index is 0.000360. The zero-order chi connectivity index (χ0) is 58.7. The van der Waals surface area contributed by atoms with E-state index in [1.165, 1.54) is 250 Å². The minimum atomic E-state index is -1.57. The van der Waals surface area contributed by atoms with Crippen LogP contribution in [0.15, 0.2) is 36.5 Å². The molecule has 0 spiro atoms. The van der Waals surface area contributed by atoms with Gasteiger partial charge in [0.15, 0.2) is 6.29 Å². The normalized spacial score (nSPS) is 18.4. The van der Waals surface area contributed by atoms with Crippen LogP contribution in [0.3, 0.4) is 0 Å². The van der Waals surface area contributed by atoms with Crippen LogP contribution >= 0.6 is 0 Å². The summed E-state index contributed by atoms with van der Waals surface area (Å²) in [6.45, 7) is 4.33. The highest BCUT2D eigenvalue weighted by Crippen LogP contribution is 2.23. The number of aliphatic hydroxyl groups is 5. The van der Waals surface area contributed by atoms with Crippen LogP contribution in [0.2, 0.25) is 0 Å². The summed E-state index contributed by atoms with van der Waals surface area (Å²) in [6.07, 6.45) is 65.8. The van der Waals surface area contributed by atoms with Gasteiger partial charge in [-0.1, -0.05) is 275 Å². The smallest absolute Gasteiger partial charge is 0.305 e. The maximum atomic E-state index is 13.0. The van der Waals surface area contributed by atoms with Crippen molar-refractivity contribution in [2.24, 2.45) is 0 Å². The third-order valence-electron chi connectivity index (χ3n) is 16.5. The first-order chi connectivity index (χ1) is 39.7. The molecular formula is C70H131NO10. The molecule has 0 radical (unpaired) electrons. The lowest BCUT2D eigenvalue weighted by molar-refractivity contribution is -0.302. The average molecular weight is 1150 g/mol. The van der Waals surface area contributed by atoms with Crippen LogP contribution in [-0.2, 0) is 23.8 Å². The summed E-state index contributed by atoms with van der Waals surface area (Å²) in [5, 5.41) is 54.3. The summed E-state index contributed by atoms with van der Waals surface area (Å²) < 4.78 is 16.7. The van der Waals surface area contributed by atoms with Crippen molar-refractivity contribution < 1.29 is 49.3 Å². The Hall–Kier alpha value is -2.12. The lowest BCUT2D eigenvalue weighted by Crippen LogP contribution is -2.60. The fourth-order valence-corrected chi connectivity index (χ4v) is 11.0. The van der Waals surface area contributed by atoms with Crippen molar-refractivity contribution in [2.45, 2.75) is 378 Å². The number of carbonyl (C=O) groups is 2. The third-order valence-corrected chi connectivity index (χ3v) is 16.5. The van der Waals surface area contributed by atoms with Gasteiger partial charge in [-0.3, -0.25) is 9.59 Å². The van der Waals surface area contributed by atoms with E-state index in [4.69, 9.17) is 14.2 Å². The highest BCUT2D eigenvalue weighted by atomic mass is 16.7. The molecule has 7 atom stereocenters. The fraction of sp³-hybridized carbons (Fsp3) is 0.886. The maximum Gasteiger partial charge on any atom is 0.305 e. The number of ether oxygens (including phenoxy) is 3. The van der Waals surface area contributed by atoms with E-state index in [0.717, 1.165) is 57.8 Å². The Morgan fingerprint density at radius 3 is 1.19 bits per heavy atom. The van der Waals surface area contributed by atoms with E-state index < -0.39 is 49.5 Å². The maximum absolute atomic E-state index is 13.0. The molecule has 1 rings (SSSR count). The highest BCUT2D eigenvalue weighted by Gasteiger charge is 2.44. The first-order valence-corrected chi connectivity index (χ1v) is 34.8. The van der Waals surface area contributed by atoms with Gasteiger partial charge in [-0.2, -0.15) is 0 Å². The molecule has 81 heavy (non-hydrogen) atoms. The summed E-state index contributed by atoms with van der Waals surface area (Å²) >= 11 is 0. The number of nitrogens with one attached hydrogen (secondary N) is 1. The average Bonchev–Trinajstić information content (AvgIpc) is 3.47. The molecule has 0 saturated carbocycles. The Morgan fingerprint density at radius 1 is 0.444 bits per heavy atom. The number of amides is 1. The van der Waals surface area contributed by atoms with Crippen LogP contribution in [0.1, 0.15) is 335 Å². The Balaban J connectivity index is 1.92. The van der Waals surface area contributed by atoms with Crippen molar-refractivity contribution in [3.05, 3.63) is 36.5 Å². The van der Waals surface area contributed by atoms with Crippen molar-refractivity contribution in [3.8, 4) is 0 Å². The molecule has 11 heteroatoms. The summed E-state index contributed by atoms with van der Waals surface area (Å²) in [6, 6.07) is -0.807. The number of hydrogen-bond donors (Lipinski definition) is 6. The lowest BCUT2D eigenvalue weighted by Gasteiger charge is -2.40. The van der Waals surface area contributed by atoms with Crippen molar-refractivity contribution in [2.75, 3.05) is 19.8 Å². The van der Waals surface area contributed by atoms with E-state index in [1.54, 1.807) is 6.08 Å². The molecule has 0 aliphatic carbocycles. The van der Waals surface area contributed by atoms with Gasteiger partial charge < -0.3 is 45.1 Å². The van der Waals surface area contributed by atoms with Gasteiger partial charge in [-0.15, -0.1) is 0 Å². The predicted octanol–water partition coefficient (Wildman–Crippen LogP) is 17.4. The molecule has 1 saturated heterocycles. The van der Waals surface area contributed by atoms with Crippen molar-refractivity contribution in [1.82, 2.24) is 5.32 Å². The monoisotopic (exact) mass is 1150 g/mol. The molecule has 476 valence electrons. The zero-order valence-corrected chi connectivity index (χ0v) is 52.8. The van der Waals surface area contributed by atoms with Crippen LogP contribution in [0.5, 0.6) is 0 Å².